The molecule has 6 nitrogen and oxygen atoms in total. The summed E-state index contributed by atoms with van der Waals surface area (Å²) in [5.74, 6) is -0.120. The Bertz CT molecular complexity index is 268. The average molecular weight is 261 g/mol. The third-order valence-electron chi connectivity index (χ3n) is 1.59. The smallest absolute Gasteiger partial charge is 0.195 e. The zero-order chi connectivity index (χ0) is 12.2. The van der Waals surface area contributed by atoms with E-state index in [1.165, 1.54) is 0 Å². The van der Waals surface area contributed by atoms with Crippen molar-refractivity contribution in [2.45, 2.75) is 19.8 Å². The molecular weight excluding hydrogens is 240 g/mol. The number of aromatic amines is 1. The number of guanidine groups is 2. The van der Waals surface area contributed by atoms with Gasteiger partial charge in [0, 0.05) is 18.9 Å². The summed E-state index contributed by atoms with van der Waals surface area (Å²) in [7, 11) is 0. The lowest BCUT2D eigenvalue weighted by Gasteiger charge is -2.06. The largest absolute Gasteiger partial charge is 0.370 e. The van der Waals surface area contributed by atoms with Crippen LogP contribution in [0.5, 0.6) is 0 Å². The number of hydrogen-bond acceptors (Lipinski definition) is 2. The summed E-state index contributed by atoms with van der Waals surface area (Å²) in [5, 5.41) is 19.0. The van der Waals surface area contributed by atoms with E-state index in [1.54, 1.807) is 0 Å². The van der Waals surface area contributed by atoms with E-state index < -0.39 is 0 Å². The highest BCUT2D eigenvalue weighted by Crippen LogP contribution is 1.80. The van der Waals surface area contributed by atoms with Crippen LogP contribution in [0.3, 0.4) is 0 Å². The Morgan fingerprint density at radius 3 is 2.24 bits per heavy atom. The molecule has 1 heterocycles. The van der Waals surface area contributed by atoms with Crippen LogP contribution in [0.15, 0.2) is 24.5 Å². The molecule has 17 heavy (non-hydrogen) atoms. The Balaban J connectivity index is 0. The van der Waals surface area contributed by atoms with Gasteiger partial charge >= 0.3 is 0 Å². The predicted octanol–water partition coefficient (Wildman–Crippen LogP) is 1.23. The molecule has 0 unspecified atom stereocenters. The second-order valence-corrected chi connectivity index (χ2v) is 3.08. The molecule has 1 aromatic rings. The minimum Gasteiger partial charge on any atom is -0.370 e. The zero-order valence-corrected chi connectivity index (χ0v) is 10.7. The average Bonchev–Trinajstić information content (AvgIpc) is 2.74. The minimum atomic E-state index is -0.209. The number of aromatic nitrogens is 1. The van der Waals surface area contributed by atoms with Crippen molar-refractivity contribution in [1.82, 2.24) is 15.6 Å². The highest BCUT2D eigenvalue weighted by Gasteiger charge is 1.93. The van der Waals surface area contributed by atoms with Gasteiger partial charge in [0.15, 0.2) is 11.9 Å². The zero-order valence-electron chi connectivity index (χ0n) is 9.92. The Labute approximate surface area is 108 Å². The molecular formula is C10H21ClN6. The third-order valence-corrected chi connectivity index (χ3v) is 1.59. The van der Waals surface area contributed by atoms with E-state index in [-0.39, 0.29) is 24.3 Å². The molecule has 0 atom stereocenters. The number of halogens is 1. The van der Waals surface area contributed by atoms with Crippen LogP contribution in [-0.2, 0) is 0 Å². The van der Waals surface area contributed by atoms with E-state index in [0.717, 1.165) is 19.4 Å². The van der Waals surface area contributed by atoms with E-state index in [0.29, 0.717) is 0 Å². The van der Waals surface area contributed by atoms with E-state index in [1.807, 2.05) is 24.5 Å². The summed E-state index contributed by atoms with van der Waals surface area (Å²) < 4.78 is 0. The van der Waals surface area contributed by atoms with Gasteiger partial charge in [0.2, 0.25) is 0 Å². The van der Waals surface area contributed by atoms with Crippen LogP contribution in [0.4, 0.5) is 0 Å². The summed E-state index contributed by atoms with van der Waals surface area (Å²) in [4.78, 5) is 2.86. The number of hydrogen-bond donors (Lipinski definition) is 6. The molecule has 0 spiro atoms. The van der Waals surface area contributed by atoms with Crippen molar-refractivity contribution in [3.8, 4) is 0 Å². The standard InChI is InChI=1S/C6H15N5.C4H5N.ClH/c1-2-3-4-10-6(9)11-5(7)8;1-2-4-5-3-1;/h2-4H2,1H3,(H6,7,8,9,10,11);1-5H;1H. The van der Waals surface area contributed by atoms with Crippen molar-refractivity contribution in [3.63, 3.8) is 0 Å². The molecule has 0 aliphatic rings. The molecule has 7 N–H and O–H groups in total. The van der Waals surface area contributed by atoms with E-state index in [9.17, 15) is 0 Å². The molecule has 0 aliphatic heterocycles. The summed E-state index contributed by atoms with van der Waals surface area (Å²) in [5.41, 5.74) is 4.99. The van der Waals surface area contributed by atoms with Crippen molar-refractivity contribution >= 4 is 24.3 Å². The van der Waals surface area contributed by atoms with Crippen LogP contribution in [-0.4, -0.2) is 23.4 Å². The van der Waals surface area contributed by atoms with Crippen LogP contribution in [0, 0.1) is 10.8 Å². The first-order valence-corrected chi connectivity index (χ1v) is 5.18. The quantitative estimate of drug-likeness (QED) is 0.279. The second kappa shape index (κ2) is 12.4. The van der Waals surface area contributed by atoms with Gasteiger partial charge in [0.05, 0.1) is 0 Å². The highest BCUT2D eigenvalue weighted by atomic mass is 35.5. The van der Waals surface area contributed by atoms with Gasteiger partial charge in [-0.05, 0) is 18.6 Å². The highest BCUT2D eigenvalue weighted by molar-refractivity contribution is 5.94. The first-order chi connectivity index (χ1) is 7.66. The number of unbranched alkanes of at least 4 members (excludes halogenated alkanes) is 1. The van der Waals surface area contributed by atoms with Gasteiger partial charge in [-0.1, -0.05) is 13.3 Å². The van der Waals surface area contributed by atoms with Gasteiger partial charge < -0.3 is 16.0 Å². The first kappa shape index (κ1) is 17.7. The van der Waals surface area contributed by atoms with Crippen molar-refractivity contribution in [2.24, 2.45) is 5.73 Å². The van der Waals surface area contributed by atoms with E-state index in [4.69, 9.17) is 16.6 Å². The molecule has 98 valence electrons. The van der Waals surface area contributed by atoms with Crippen molar-refractivity contribution in [3.05, 3.63) is 24.5 Å². The number of nitrogens with two attached hydrogens (primary N) is 1. The molecule has 0 aromatic carbocycles. The lowest BCUT2D eigenvalue weighted by molar-refractivity contribution is 0.744. The monoisotopic (exact) mass is 260 g/mol. The Hall–Kier alpha value is -1.69. The molecule has 0 radical (unpaired) electrons. The molecule has 0 amide bonds. The fourth-order valence-electron chi connectivity index (χ4n) is 0.847. The normalized spacial score (nSPS) is 8.06. The Morgan fingerprint density at radius 2 is 1.88 bits per heavy atom. The van der Waals surface area contributed by atoms with Crippen molar-refractivity contribution < 1.29 is 0 Å². The van der Waals surface area contributed by atoms with Gasteiger partial charge in [-0.15, -0.1) is 12.4 Å². The molecule has 7 heteroatoms. The number of H-pyrrole nitrogens is 1. The summed E-state index contributed by atoms with van der Waals surface area (Å²) in [6.07, 6.45) is 5.85. The van der Waals surface area contributed by atoms with Gasteiger partial charge in [0.1, 0.15) is 0 Å². The first-order valence-electron chi connectivity index (χ1n) is 5.18. The predicted molar refractivity (Wildman–Crippen MR) is 73.7 cm³/mol. The molecule has 0 saturated carbocycles. The summed E-state index contributed by atoms with van der Waals surface area (Å²) in [6.45, 7) is 2.82. The molecule has 0 saturated heterocycles. The number of nitrogens with one attached hydrogen (secondary N) is 5. The van der Waals surface area contributed by atoms with Gasteiger partial charge in [-0.2, -0.15) is 0 Å². The topological polar surface area (TPSA) is 114 Å². The van der Waals surface area contributed by atoms with Gasteiger partial charge in [0.25, 0.3) is 0 Å². The maximum absolute atomic E-state index is 7.15. The molecule has 0 bridgehead atoms. The van der Waals surface area contributed by atoms with E-state index in [2.05, 4.69) is 22.5 Å². The Kier molecular flexibility index (Phi) is 12.9. The second-order valence-electron chi connectivity index (χ2n) is 3.08. The minimum absolute atomic E-state index is 0. The third kappa shape index (κ3) is 14.3. The fourth-order valence-corrected chi connectivity index (χ4v) is 0.847. The maximum Gasteiger partial charge on any atom is 0.195 e. The molecule has 0 aliphatic carbocycles. The molecule has 1 aromatic heterocycles. The maximum atomic E-state index is 7.15. The van der Waals surface area contributed by atoms with Crippen LogP contribution in [0.1, 0.15) is 19.8 Å². The Morgan fingerprint density at radius 1 is 1.29 bits per heavy atom. The lowest BCUT2D eigenvalue weighted by atomic mass is 10.3. The van der Waals surface area contributed by atoms with Crippen LogP contribution in [0.25, 0.3) is 0 Å². The SMILES string of the molecule is CCCCNC(=N)NC(=N)N.Cl.c1cc[nH]c1. The van der Waals surface area contributed by atoms with Gasteiger partial charge in [-0.25, -0.2) is 0 Å². The molecule has 0 fully saturated rings. The summed E-state index contributed by atoms with van der Waals surface area (Å²) >= 11 is 0. The van der Waals surface area contributed by atoms with Crippen LogP contribution >= 0.6 is 12.4 Å². The van der Waals surface area contributed by atoms with E-state index >= 15 is 0 Å². The molecule has 1 rings (SSSR count). The van der Waals surface area contributed by atoms with Crippen molar-refractivity contribution in [1.29, 1.82) is 10.8 Å². The number of rotatable bonds is 3. The van der Waals surface area contributed by atoms with Gasteiger partial charge in [-0.3, -0.25) is 16.1 Å². The van der Waals surface area contributed by atoms with Crippen LogP contribution < -0.4 is 16.4 Å². The summed E-state index contributed by atoms with van der Waals surface area (Å²) in [6, 6.07) is 3.89. The lowest BCUT2D eigenvalue weighted by Crippen LogP contribution is -2.43. The van der Waals surface area contributed by atoms with Crippen molar-refractivity contribution in [2.75, 3.05) is 6.54 Å². The van der Waals surface area contributed by atoms with Crippen LogP contribution in [0.2, 0.25) is 0 Å². The fraction of sp³-hybridized carbons (Fsp3) is 0.400.